The van der Waals surface area contributed by atoms with Crippen LogP contribution in [-0.2, 0) is 11.8 Å². The fraction of sp³-hybridized carbons (Fsp3) is 0.647. The van der Waals surface area contributed by atoms with Crippen molar-refractivity contribution in [2.45, 2.75) is 64.6 Å². The molecule has 0 spiro atoms. The van der Waals surface area contributed by atoms with Gasteiger partial charge in [-0.3, -0.25) is 0 Å². The Morgan fingerprint density at radius 3 is 2.05 bits per heavy atom. The molecular formula is C17H26F3N. The zero-order chi connectivity index (χ0) is 16.1. The second-order valence-corrected chi connectivity index (χ2v) is 6.62. The summed E-state index contributed by atoms with van der Waals surface area (Å²) >= 11 is 0. The summed E-state index contributed by atoms with van der Waals surface area (Å²) < 4.78 is 37.8. The summed E-state index contributed by atoms with van der Waals surface area (Å²) in [6.45, 7) is 8.93. The first-order valence-electron chi connectivity index (χ1n) is 7.51. The largest absolute Gasteiger partial charge is 0.390 e. The van der Waals surface area contributed by atoms with Crippen molar-refractivity contribution >= 4 is 0 Å². The number of alkyl halides is 3. The van der Waals surface area contributed by atoms with Gasteiger partial charge in [0.25, 0.3) is 0 Å². The lowest BCUT2D eigenvalue weighted by atomic mass is 9.86. The Hall–Kier alpha value is -1.03. The van der Waals surface area contributed by atoms with Crippen LogP contribution < -0.4 is 5.32 Å². The van der Waals surface area contributed by atoms with Gasteiger partial charge in [0, 0.05) is 6.04 Å². The summed E-state index contributed by atoms with van der Waals surface area (Å²) in [7, 11) is 0. The van der Waals surface area contributed by atoms with Crippen molar-refractivity contribution in [2.24, 2.45) is 0 Å². The van der Waals surface area contributed by atoms with Gasteiger partial charge < -0.3 is 5.32 Å². The van der Waals surface area contributed by atoms with E-state index in [9.17, 15) is 13.2 Å². The molecule has 0 aliphatic rings. The predicted molar refractivity (Wildman–Crippen MR) is 81.6 cm³/mol. The van der Waals surface area contributed by atoms with Crippen LogP contribution in [0.15, 0.2) is 24.3 Å². The Morgan fingerprint density at radius 2 is 1.62 bits per heavy atom. The Balaban J connectivity index is 2.73. The van der Waals surface area contributed by atoms with Gasteiger partial charge in [0.05, 0.1) is 6.42 Å². The van der Waals surface area contributed by atoms with E-state index in [1.54, 1.807) is 0 Å². The minimum atomic E-state index is -4.13. The molecule has 0 aliphatic carbocycles. The maximum absolute atomic E-state index is 12.6. The first-order chi connectivity index (χ1) is 9.62. The van der Waals surface area contributed by atoms with Crippen LogP contribution in [0.25, 0.3) is 0 Å². The van der Waals surface area contributed by atoms with E-state index in [1.165, 1.54) is 5.56 Å². The first-order valence-corrected chi connectivity index (χ1v) is 7.51. The van der Waals surface area contributed by atoms with Crippen LogP contribution in [0.4, 0.5) is 13.2 Å². The quantitative estimate of drug-likeness (QED) is 0.792. The molecule has 1 aromatic rings. The van der Waals surface area contributed by atoms with Crippen LogP contribution in [0.2, 0.25) is 0 Å². The van der Waals surface area contributed by atoms with Crippen molar-refractivity contribution in [1.29, 1.82) is 0 Å². The summed E-state index contributed by atoms with van der Waals surface area (Å²) in [4.78, 5) is 0. The van der Waals surface area contributed by atoms with E-state index >= 15 is 0 Å². The van der Waals surface area contributed by atoms with Gasteiger partial charge in [-0.25, -0.2) is 0 Å². The fourth-order valence-corrected chi connectivity index (χ4v) is 2.27. The fourth-order valence-electron chi connectivity index (χ4n) is 2.27. The van der Waals surface area contributed by atoms with Crippen LogP contribution in [0, 0.1) is 0 Å². The van der Waals surface area contributed by atoms with Crippen molar-refractivity contribution in [3.05, 3.63) is 35.4 Å². The smallest absolute Gasteiger partial charge is 0.313 e. The Kier molecular flexibility index (Phi) is 6.26. The van der Waals surface area contributed by atoms with E-state index < -0.39 is 18.6 Å². The molecule has 0 bridgehead atoms. The summed E-state index contributed by atoms with van der Waals surface area (Å²) in [5.74, 6) is 0. The molecule has 0 radical (unpaired) electrons. The molecule has 0 aromatic heterocycles. The molecule has 4 heteroatoms. The number of hydrogen-bond acceptors (Lipinski definition) is 1. The van der Waals surface area contributed by atoms with E-state index in [0.717, 1.165) is 12.0 Å². The second-order valence-electron chi connectivity index (χ2n) is 6.62. The maximum atomic E-state index is 12.6. The number of hydrogen-bond donors (Lipinski definition) is 1. The Bertz CT molecular complexity index is 415. The van der Waals surface area contributed by atoms with Gasteiger partial charge in [0.2, 0.25) is 0 Å². The Morgan fingerprint density at radius 1 is 1.05 bits per heavy atom. The van der Waals surface area contributed by atoms with Gasteiger partial charge in [-0.15, -0.1) is 0 Å². The summed E-state index contributed by atoms with van der Waals surface area (Å²) in [5, 5.41) is 3.00. The highest BCUT2D eigenvalue weighted by molar-refractivity contribution is 5.28. The highest BCUT2D eigenvalue weighted by Gasteiger charge is 2.31. The van der Waals surface area contributed by atoms with Crippen LogP contribution in [-0.4, -0.2) is 18.8 Å². The highest BCUT2D eigenvalue weighted by Crippen LogP contribution is 2.25. The lowest BCUT2D eigenvalue weighted by Crippen LogP contribution is -2.36. The van der Waals surface area contributed by atoms with E-state index in [1.807, 2.05) is 31.2 Å². The number of nitrogens with one attached hydrogen (secondary N) is 1. The topological polar surface area (TPSA) is 12.0 Å². The zero-order valence-electron chi connectivity index (χ0n) is 13.3. The molecule has 0 heterocycles. The SMILES string of the molecule is CCCNC(Cc1ccc(C(C)(C)C)cc1)CC(F)(F)F. The van der Waals surface area contributed by atoms with Crippen LogP contribution >= 0.6 is 0 Å². The van der Waals surface area contributed by atoms with Gasteiger partial charge >= 0.3 is 6.18 Å². The molecule has 0 amide bonds. The third kappa shape index (κ3) is 6.98. The van der Waals surface area contributed by atoms with Gasteiger partial charge in [-0.1, -0.05) is 52.0 Å². The average Bonchev–Trinajstić information content (AvgIpc) is 2.33. The standard InChI is InChI=1S/C17H26F3N/c1-5-10-21-15(12-17(18,19)20)11-13-6-8-14(9-7-13)16(2,3)4/h6-9,15,21H,5,10-12H2,1-4H3. The van der Waals surface area contributed by atoms with Crippen molar-refractivity contribution in [3.8, 4) is 0 Å². The van der Waals surface area contributed by atoms with Crippen molar-refractivity contribution in [2.75, 3.05) is 6.54 Å². The molecule has 120 valence electrons. The molecule has 0 fully saturated rings. The van der Waals surface area contributed by atoms with Crippen LogP contribution in [0.1, 0.15) is 51.7 Å². The number of halogens is 3. The summed E-state index contributed by atoms with van der Waals surface area (Å²) in [6, 6.07) is 7.36. The highest BCUT2D eigenvalue weighted by atomic mass is 19.4. The Labute approximate surface area is 125 Å². The molecule has 1 nitrogen and oxygen atoms in total. The molecule has 0 saturated carbocycles. The minimum Gasteiger partial charge on any atom is -0.313 e. The normalized spacial score (nSPS) is 14.2. The third-order valence-corrected chi connectivity index (χ3v) is 3.46. The van der Waals surface area contributed by atoms with Crippen molar-refractivity contribution < 1.29 is 13.2 Å². The van der Waals surface area contributed by atoms with E-state index in [4.69, 9.17) is 0 Å². The molecule has 0 aliphatic heterocycles. The second kappa shape index (κ2) is 7.30. The molecule has 1 rings (SSSR count). The van der Waals surface area contributed by atoms with Gasteiger partial charge in [0.1, 0.15) is 0 Å². The molecule has 1 N–H and O–H groups in total. The van der Waals surface area contributed by atoms with E-state index in [2.05, 4.69) is 26.1 Å². The van der Waals surface area contributed by atoms with Crippen molar-refractivity contribution in [1.82, 2.24) is 5.32 Å². The molecular weight excluding hydrogens is 275 g/mol. The lowest BCUT2D eigenvalue weighted by molar-refractivity contribution is -0.139. The third-order valence-electron chi connectivity index (χ3n) is 3.46. The number of rotatable bonds is 6. The molecule has 1 atom stereocenters. The summed E-state index contributed by atoms with van der Waals surface area (Å²) in [5.41, 5.74) is 2.20. The zero-order valence-corrected chi connectivity index (χ0v) is 13.3. The van der Waals surface area contributed by atoms with E-state index in [0.29, 0.717) is 13.0 Å². The first kappa shape index (κ1) is 18.0. The molecule has 21 heavy (non-hydrogen) atoms. The predicted octanol–water partition coefficient (Wildman–Crippen LogP) is 4.85. The lowest BCUT2D eigenvalue weighted by Gasteiger charge is -2.22. The number of benzene rings is 1. The monoisotopic (exact) mass is 301 g/mol. The molecule has 0 saturated heterocycles. The minimum absolute atomic E-state index is 0.0599. The van der Waals surface area contributed by atoms with Gasteiger partial charge in [-0.05, 0) is 35.9 Å². The van der Waals surface area contributed by atoms with Gasteiger partial charge in [0.15, 0.2) is 0 Å². The van der Waals surface area contributed by atoms with Gasteiger partial charge in [-0.2, -0.15) is 13.2 Å². The van der Waals surface area contributed by atoms with Crippen molar-refractivity contribution in [3.63, 3.8) is 0 Å². The van der Waals surface area contributed by atoms with Crippen LogP contribution in [0.3, 0.4) is 0 Å². The summed E-state index contributed by atoms with van der Waals surface area (Å²) in [6.07, 6.45) is -3.67. The van der Waals surface area contributed by atoms with E-state index in [-0.39, 0.29) is 5.41 Å². The average molecular weight is 301 g/mol. The molecule has 1 unspecified atom stereocenters. The maximum Gasteiger partial charge on any atom is 0.390 e. The molecule has 1 aromatic carbocycles. The van der Waals surface area contributed by atoms with Crippen LogP contribution in [0.5, 0.6) is 0 Å².